The Morgan fingerprint density at radius 2 is 1.82 bits per heavy atom. The van der Waals surface area contributed by atoms with Crippen LogP contribution < -0.4 is 5.32 Å². The van der Waals surface area contributed by atoms with Crippen LogP contribution in [0.2, 0.25) is 0 Å². The average molecular weight is 232 g/mol. The maximum atomic E-state index is 3.40. The van der Waals surface area contributed by atoms with Crippen LogP contribution in [0.1, 0.15) is 30.9 Å². The van der Waals surface area contributed by atoms with Crippen molar-refractivity contribution in [2.45, 2.75) is 26.2 Å². The average Bonchev–Trinajstić information content (AvgIpc) is 2.40. The fourth-order valence-corrected chi connectivity index (χ4v) is 2.47. The van der Waals surface area contributed by atoms with Gasteiger partial charge in [0, 0.05) is 32.7 Å². The van der Waals surface area contributed by atoms with Crippen LogP contribution in [-0.2, 0) is 6.42 Å². The van der Waals surface area contributed by atoms with Gasteiger partial charge in [-0.1, -0.05) is 38.1 Å². The van der Waals surface area contributed by atoms with Crippen molar-refractivity contribution >= 4 is 0 Å². The van der Waals surface area contributed by atoms with E-state index in [0.717, 1.165) is 19.5 Å². The third-order valence-corrected chi connectivity index (χ3v) is 3.70. The molecule has 0 saturated carbocycles. The molecule has 0 aliphatic carbocycles. The SMILES string of the molecule is CCc1ccc(C(C)CN2CCNCC2)cc1. The molecule has 0 radical (unpaired) electrons. The normalized spacial score (nSPS) is 19.2. The predicted molar refractivity (Wildman–Crippen MR) is 73.5 cm³/mol. The number of hydrogen-bond acceptors (Lipinski definition) is 2. The molecular weight excluding hydrogens is 208 g/mol. The van der Waals surface area contributed by atoms with Crippen molar-refractivity contribution < 1.29 is 0 Å². The van der Waals surface area contributed by atoms with Gasteiger partial charge < -0.3 is 10.2 Å². The van der Waals surface area contributed by atoms with Crippen molar-refractivity contribution in [2.24, 2.45) is 0 Å². The molecule has 94 valence electrons. The molecule has 2 rings (SSSR count). The largest absolute Gasteiger partial charge is 0.314 e. The molecule has 1 aromatic rings. The van der Waals surface area contributed by atoms with E-state index in [4.69, 9.17) is 0 Å². The summed E-state index contributed by atoms with van der Waals surface area (Å²) in [5.74, 6) is 0.638. The standard InChI is InChI=1S/C15H24N2/c1-3-14-4-6-15(7-5-14)13(2)12-17-10-8-16-9-11-17/h4-7,13,16H,3,8-12H2,1-2H3. The first-order chi connectivity index (χ1) is 8.29. The molecule has 1 heterocycles. The Morgan fingerprint density at radius 1 is 1.18 bits per heavy atom. The topological polar surface area (TPSA) is 15.3 Å². The van der Waals surface area contributed by atoms with Gasteiger partial charge in [0.2, 0.25) is 0 Å². The smallest absolute Gasteiger partial charge is 0.0108 e. The lowest BCUT2D eigenvalue weighted by molar-refractivity contribution is 0.230. The second-order valence-electron chi connectivity index (χ2n) is 5.05. The highest BCUT2D eigenvalue weighted by Gasteiger charge is 2.14. The van der Waals surface area contributed by atoms with Crippen molar-refractivity contribution in [3.8, 4) is 0 Å². The molecule has 1 aliphatic rings. The van der Waals surface area contributed by atoms with Crippen molar-refractivity contribution in [3.63, 3.8) is 0 Å². The minimum Gasteiger partial charge on any atom is -0.314 e. The van der Waals surface area contributed by atoms with E-state index in [2.05, 4.69) is 48.3 Å². The fourth-order valence-electron chi connectivity index (χ4n) is 2.47. The molecule has 17 heavy (non-hydrogen) atoms. The summed E-state index contributed by atoms with van der Waals surface area (Å²) in [4.78, 5) is 2.56. The number of benzene rings is 1. The summed E-state index contributed by atoms with van der Waals surface area (Å²) in [6, 6.07) is 9.13. The number of nitrogens with one attached hydrogen (secondary N) is 1. The fraction of sp³-hybridized carbons (Fsp3) is 0.600. The number of rotatable bonds is 4. The zero-order valence-corrected chi connectivity index (χ0v) is 11.1. The quantitative estimate of drug-likeness (QED) is 0.856. The van der Waals surface area contributed by atoms with Crippen molar-refractivity contribution in [1.29, 1.82) is 0 Å². The molecule has 0 aromatic heterocycles. The van der Waals surface area contributed by atoms with Gasteiger partial charge in [-0.3, -0.25) is 0 Å². The molecule has 1 N–H and O–H groups in total. The highest BCUT2D eigenvalue weighted by Crippen LogP contribution is 2.17. The molecule has 0 amide bonds. The Balaban J connectivity index is 1.91. The first-order valence-electron chi connectivity index (χ1n) is 6.81. The third-order valence-electron chi connectivity index (χ3n) is 3.70. The van der Waals surface area contributed by atoms with Crippen molar-refractivity contribution in [3.05, 3.63) is 35.4 Å². The molecule has 0 spiro atoms. The minimum atomic E-state index is 0.638. The molecule has 1 unspecified atom stereocenters. The molecule has 0 bridgehead atoms. The monoisotopic (exact) mass is 232 g/mol. The van der Waals surface area contributed by atoms with Crippen LogP contribution in [-0.4, -0.2) is 37.6 Å². The number of nitrogens with zero attached hydrogens (tertiary/aromatic N) is 1. The Bertz CT molecular complexity index is 325. The summed E-state index contributed by atoms with van der Waals surface area (Å²) in [7, 11) is 0. The van der Waals surface area contributed by atoms with E-state index < -0.39 is 0 Å². The molecule has 1 fully saturated rings. The first-order valence-corrected chi connectivity index (χ1v) is 6.81. The maximum Gasteiger partial charge on any atom is 0.0108 e. The Kier molecular flexibility index (Phi) is 4.57. The summed E-state index contributed by atoms with van der Waals surface area (Å²) in [5.41, 5.74) is 2.91. The zero-order valence-electron chi connectivity index (χ0n) is 11.1. The van der Waals surface area contributed by atoms with E-state index >= 15 is 0 Å². The van der Waals surface area contributed by atoms with Crippen LogP contribution in [0, 0.1) is 0 Å². The summed E-state index contributed by atoms with van der Waals surface area (Å²) < 4.78 is 0. The van der Waals surface area contributed by atoms with E-state index in [1.807, 2.05) is 0 Å². The molecule has 1 saturated heterocycles. The van der Waals surface area contributed by atoms with Gasteiger partial charge in [0.1, 0.15) is 0 Å². The second kappa shape index (κ2) is 6.18. The summed E-state index contributed by atoms with van der Waals surface area (Å²) in [6.07, 6.45) is 1.13. The highest BCUT2D eigenvalue weighted by molar-refractivity contribution is 5.25. The molecule has 1 atom stereocenters. The lowest BCUT2D eigenvalue weighted by Gasteiger charge is -2.29. The van der Waals surface area contributed by atoms with Gasteiger partial charge in [0.05, 0.1) is 0 Å². The van der Waals surface area contributed by atoms with Gasteiger partial charge in [-0.2, -0.15) is 0 Å². The van der Waals surface area contributed by atoms with Crippen LogP contribution in [0.15, 0.2) is 24.3 Å². The molecule has 2 heteroatoms. The summed E-state index contributed by atoms with van der Waals surface area (Å²) >= 11 is 0. The summed E-state index contributed by atoms with van der Waals surface area (Å²) in [6.45, 7) is 10.4. The van der Waals surface area contributed by atoms with E-state index in [0.29, 0.717) is 5.92 Å². The van der Waals surface area contributed by atoms with E-state index in [1.165, 1.54) is 30.8 Å². The van der Waals surface area contributed by atoms with Crippen LogP contribution >= 0.6 is 0 Å². The van der Waals surface area contributed by atoms with Crippen LogP contribution in [0.25, 0.3) is 0 Å². The van der Waals surface area contributed by atoms with Gasteiger partial charge in [0.25, 0.3) is 0 Å². The van der Waals surface area contributed by atoms with Gasteiger partial charge >= 0.3 is 0 Å². The third kappa shape index (κ3) is 3.55. The Hall–Kier alpha value is -0.860. The van der Waals surface area contributed by atoms with Crippen LogP contribution in [0.5, 0.6) is 0 Å². The first kappa shape index (κ1) is 12.6. The van der Waals surface area contributed by atoms with Crippen molar-refractivity contribution in [2.75, 3.05) is 32.7 Å². The lowest BCUT2D eigenvalue weighted by Crippen LogP contribution is -2.44. The number of piperazine rings is 1. The van der Waals surface area contributed by atoms with Crippen LogP contribution in [0.3, 0.4) is 0 Å². The summed E-state index contributed by atoms with van der Waals surface area (Å²) in [5, 5.41) is 3.40. The number of hydrogen-bond donors (Lipinski definition) is 1. The number of aryl methyl sites for hydroxylation is 1. The Morgan fingerprint density at radius 3 is 2.41 bits per heavy atom. The molecule has 1 aliphatic heterocycles. The highest BCUT2D eigenvalue weighted by atomic mass is 15.2. The van der Waals surface area contributed by atoms with Gasteiger partial charge in [-0.05, 0) is 23.5 Å². The second-order valence-corrected chi connectivity index (χ2v) is 5.05. The van der Waals surface area contributed by atoms with E-state index in [-0.39, 0.29) is 0 Å². The van der Waals surface area contributed by atoms with E-state index in [9.17, 15) is 0 Å². The van der Waals surface area contributed by atoms with Gasteiger partial charge in [0.15, 0.2) is 0 Å². The Labute approximate surface area is 105 Å². The zero-order chi connectivity index (χ0) is 12.1. The molecule has 1 aromatic carbocycles. The predicted octanol–water partition coefficient (Wildman–Crippen LogP) is 2.26. The lowest BCUT2D eigenvalue weighted by atomic mass is 9.98. The van der Waals surface area contributed by atoms with E-state index in [1.54, 1.807) is 0 Å². The minimum absolute atomic E-state index is 0.638. The van der Waals surface area contributed by atoms with Crippen molar-refractivity contribution in [1.82, 2.24) is 10.2 Å². The molecular formula is C15H24N2. The van der Waals surface area contributed by atoms with Crippen LogP contribution in [0.4, 0.5) is 0 Å². The van der Waals surface area contributed by atoms with Gasteiger partial charge in [-0.25, -0.2) is 0 Å². The van der Waals surface area contributed by atoms with Gasteiger partial charge in [-0.15, -0.1) is 0 Å². The maximum absolute atomic E-state index is 3.40. The molecule has 2 nitrogen and oxygen atoms in total.